The van der Waals surface area contributed by atoms with Crippen LogP contribution in [0, 0.1) is 0 Å². The van der Waals surface area contributed by atoms with Crippen molar-refractivity contribution < 1.29 is 13.2 Å². The van der Waals surface area contributed by atoms with E-state index in [9.17, 15) is 18.0 Å². The minimum Gasteiger partial charge on any atom is -0.346 e. The second kappa shape index (κ2) is 9.27. The normalized spacial score (nSPS) is 17.1. The molecule has 1 aromatic carbocycles. The number of anilines is 1. The lowest BCUT2D eigenvalue weighted by molar-refractivity contribution is -0.137. The topological polar surface area (TPSA) is 64.3 Å². The maximum atomic E-state index is 12.9. The van der Waals surface area contributed by atoms with Crippen molar-refractivity contribution in [2.24, 2.45) is 0 Å². The molecule has 0 spiro atoms. The van der Waals surface area contributed by atoms with E-state index >= 15 is 0 Å². The number of thiocarbonyl (C=S) groups is 1. The summed E-state index contributed by atoms with van der Waals surface area (Å²) in [5.74, 6) is 0.661. The van der Waals surface area contributed by atoms with E-state index in [0.29, 0.717) is 49.3 Å². The molecular formula is C23H24F3N5OS2. The largest absolute Gasteiger partial charge is 0.416 e. The number of rotatable bonds is 3. The van der Waals surface area contributed by atoms with Crippen LogP contribution in [0.3, 0.4) is 0 Å². The zero-order valence-electron chi connectivity index (χ0n) is 18.4. The van der Waals surface area contributed by atoms with Gasteiger partial charge in [-0.2, -0.15) is 13.2 Å². The van der Waals surface area contributed by atoms with E-state index in [-0.39, 0.29) is 5.56 Å². The minimum absolute atomic E-state index is 0.0514. The Hall–Kier alpha value is -2.50. The van der Waals surface area contributed by atoms with Crippen molar-refractivity contribution in [1.82, 2.24) is 19.8 Å². The first-order valence-corrected chi connectivity index (χ1v) is 12.5. The summed E-state index contributed by atoms with van der Waals surface area (Å²) < 4.78 is 38.8. The number of halogens is 3. The van der Waals surface area contributed by atoms with Gasteiger partial charge in [0.05, 0.1) is 17.5 Å². The molecule has 0 bridgehead atoms. The maximum absolute atomic E-state index is 12.9. The van der Waals surface area contributed by atoms with Gasteiger partial charge in [0.1, 0.15) is 10.7 Å². The number of benzene rings is 1. The summed E-state index contributed by atoms with van der Waals surface area (Å²) in [6.45, 7) is 3.20. The van der Waals surface area contributed by atoms with Crippen molar-refractivity contribution in [2.75, 3.05) is 31.5 Å². The third-order valence-electron chi connectivity index (χ3n) is 6.35. The fourth-order valence-corrected chi connectivity index (χ4v) is 6.16. The van der Waals surface area contributed by atoms with E-state index in [2.05, 4.69) is 15.2 Å². The molecule has 0 unspecified atom stereocenters. The fraction of sp³-hybridized carbons (Fsp3) is 0.435. The molecule has 0 radical (unpaired) electrons. The molecule has 2 N–H and O–H groups in total. The summed E-state index contributed by atoms with van der Waals surface area (Å²) in [5, 5.41) is 4.08. The van der Waals surface area contributed by atoms with E-state index in [1.165, 1.54) is 22.9 Å². The van der Waals surface area contributed by atoms with Gasteiger partial charge in [-0.3, -0.25) is 9.69 Å². The highest BCUT2D eigenvalue weighted by Crippen LogP contribution is 2.33. The number of alkyl halides is 3. The molecule has 1 aliphatic heterocycles. The minimum atomic E-state index is -4.40. The van der Waals surface area contributed by atoms with Crippen LogP contribution in [-0.4, -0.2) is 51.1 Å². The number of hydrogen-bond donors (Lipinski definition) is 2. The average molecular weight is 508 g/mol. The summed E-state index contributed by atoms with van der Waals surface area (Å²) >= 11 is 7.07. The van der Waals surface area contributed by atoms with Crippen molar-refractivity contribution in [3.8, 4) is 0 Å². The summed E-state index contributed by atoms with van der Waals surface area (Å²) in [6, 6.07) is 5.02. The summed E-state index contributed by atoms with van der Waals surface area (Å²) in [5.41, 5.74) is 0.734. The molecule has 3 aromatic rings. The Bertz CT molecular complexity index is 1280. The highest BCUT2D eigenvalue weighted by atomic mass is 32.1. The third kappa shape index (κ3) is 4.82. The molecule has 3 heterocycles. The van der Waals surface area contributed by atoms with Gasteiger partial charge in [-0.15, -0.1) is 11.3 Å². The number of H-pyrrole nitrogens is 1. The first-order valence-electron chi connectivity index (χ1n) is 11.3. The zero-order chi connectivity index (χ0) is 23.9. The van der Waals surface area contributed by atoms with E-state index in [1.807, 2.05) is 4.90 Å². The number of aromatic amines is 1. The van der Waals surface area contributed by atoms with E-state index < -0.39 is 11.7 Å². The lowest BCUT2D eigenvalue weighted by atomic mass is 9.97. The van der Waals surface area contributed by atoms with Crippen LogP contribution in [0.2, 0.25) is 0 Å². The first kappa shape index (κ1) is 23.3. The Morgan fingerprint density at radius 2 is 1.94 bits per heavy atom. The van der Waals surface area contributed by atoms with Gasteiger partial charge in [0.15, 0.2) is 5.11 Å². The second-order valence-corrected chi connectivity index (χ2v) is 10.1. The number of thiophene rings is 1. The Kier molecular flexibility index (Phi) is 6.34. The molecule has 1 aliphatic carbocycles. The van der Waals surface area contributed by atoms with Crippen LogP contribution in [-0.2, 0) is 25.6 Å². The van der Waals surface area contributed by atoms with E-state index in [4.69, 9.17) is 17.2 Å². The molecule has 0 atom stereocenters. The molecule has 6 nitrogen and oxygen atoms in total. The Morgan fingerprint density at radius 1 is 1.18 bits per heavy atom. The van der Waals surface area contributed by atoms with Crippen LogP contribution in [0.1, 0.15) is 34.7 Å². The van der Waals surface area contributed by atoms with Crippen molar-refractivity contribution in [3.05, 3.63) is 56.4 Å². The fourth-order valence-electron chi connectivity index (χ4n) is 4.58. The molecule has 11 heteroatoms. The maximum Gasteiger partial charge on any atom is 0.416 e. The molecule has 1 fully saturated rings. The molecule has 180 valence electrons. The molecule has 1 saturated heterocycles. The number of hydrogen-bond acceptors (Lipinski definition) is 5. The smallest absolute Gasteiger partial charge is 0.346 e. The Labute approximate surface area is 203 Å². The van der Waals surface area contributed by atoms with Crippen molar-refractivity contribution >= 4 is 44.6 Å². The number of fused-ring (bicyclic) bond motifs is 3. The lowest BCUT2D eigenvalue weighted by Gasteiger charge is -2.36. The van der Waals surface area contributed by atoms with Gasteiger partial charge in [0.25, 0.3) is 5.56 Å². The molecule has 5 rings (SSSR count). The van der Waals surface area contributed by atoms with Gasteiger partial charge in [-0.05, 0) is 61.7 Å². The van der Waals surface area contributed by atoms with Gasteiger partial charge in [-0.1, -0.05) is 6.07 Å². The van der Waals surface area contributed by atoms with Gasteiger partial charge in [-0.25, -0.2) is 4.98 Å². The Morgan fingerprint density at radius 3 is 2.71 bits per heavy atom. The number of nitrogens with zero attached hydrogens (tertiary/aromatic N) is 3. The van der Waals surface area contributed by atoms with Crippen LogP contribution < -0.4 is 10.9 Å². The molecular weight excluding hydrogens is 483 g/mol. The molecule has 34 heavy (non-hydrogen) atoms. The monoisotopic (exact) mass is 507 g/mol. The van der Waals surface area contributed by atoms with Gasteiger partial charge in [0.2, 0.25) is 0 Å². The third-order valence-corrected chi connectivity index (χ3v) is 7.89. The zero-order valence-corrected chi connectivity index (χ0v) is 20.0. The van der Waals surface area contributed by atoms with Crippen LogP contribution in [0.15, 0.2) is 29.1 Å². The first-order chi connectivity index (χ1) is 16.3. The van der Waals surface area contributed by atoms with E-state index in [1.54, 1.807) is 17.4 Å². The standard InChI is InChI=1S/C23H24F3N5OS2/c24-23(25,26)14-4-3-5-15(12-14)27-22(33)31-10-8-30(9-11-31)13-18-28-20(32)19-16-6-1-2-7-17(16)34-21(19)29-18/h3-5,12H,1-2,6-11,13H2,(H,27,33)(H,28,29,32). The van der Waals surface area contributed by atoms with Crippen LogP contribution in [0.5, 0.6) is 0 Å². The predicted molar refractivity (Wildman–Crippen MR) is 131 cm³/mol. The second-order valence-electron chi connectivity index (χ2n) is 8.68. The van der Waals surface area contributed by atoms with Crippen molar-refractivity contribution in [2.45, 2.75) is 38.4 Å². The van der Waals surface area contributed by atoms with Crippen LogP contribution in [0.4, 0.5) is 18.9 Å². The highest BCUT2D eigenvalue weighted by Gasteiger charge is 2.30. The van der Waals surface area contributed by atoms with Gasteiger partial charge >= 0.3 is 6.18 Å². The number of nitrogens with one attached hydrogen (secondary N) is 2. The molecule has 0 amide bonds. The highest BCUT2D eigenvalue weighted by molar-refractivity contribution is 7.80. The SMILES string of the molecule is O=c1[nH]c(CN2CCN(C(=S)Nc3cccc(C(F)(F)F)c3)CC2)nc2sc3c(c12)CCCC3. The average Bonchev–Trinajstić information content (AvgIpc) is 3.18. The Balaban J connectivity index is 1.20. The number of aryl methyl sites for hydroxylation is 2. The molecule has 0 saturated carbocycles. The summed E-state index contributed by atoms with van der Waals surface area (Å²) in [7, 11) is 0. The van der Waals surface area contributed by atoms with Crippen molar-refractivity contribution in [3.63, 3.8) is 0 Å². The quantitative estimate of drug-likeness (QED) is 0.513. The van der Waals surface area contributed by atoms with Crippen molar-refractivity contribution in [1.29, 1.82) is 0 Å². The number of aromatic nitrogens is 2. The molecule has 2 aliphatic rings. The predicted octanol–water partition coefficient (Wildman–Crippen LogP) is 4.40. The lowest BCUT2D eigenvalue weighted by Crippen LogP contribution is -2.49. The summed E-state index contributed by atoms with van der Waals surface area (Å²) in [6.07, 6.45) is -0.128. The molecule has 2 aromatic heterocycles. The van der Waals surface area contributed by atoms with Gasteiger partial charge < -0.3 is 15.2 Å². The van der Waals surface area contributed by atoms with Crippen LogP contribution in [0.25, 0.3) is 10.2 Å². The summed E-state index contributed by atoms with van der Waals surface area (Å²) in [4.78, 5) is 26.8. The number of piperazine rings is 1. The van der Waals surface area contributed by atoms with Gasteiger partial charge in [0, 0.05) is 36.7 Å². The van der Waals surface area contributed by atoms with Crippen LogP contribution >= 0.6 is 23.6 Å². The van der Waals surface area contributed by atoms with E-state index in [0.717, 1.165) is 41.6 Å².